The van der Waals surface area contributed by atoms with Crippen molar-refractivity contribution in [2.45, 2.75) is 5.37 Å². The minimum Gasteiger partial charge on any atom is -0.477 e. The highest BCUT2D eigenvalue weighted by Gasteiger charge is 2.49. The Hall–Kier alpha value is -2.61. The largest absolute Gasteiger partial charge is 0.477 e. The summed E-state index contributed by atoms with van der Waals surface area (Å²) in [6.07, 6.45) is 1.78. The number of hydrogen-bond donors (Lipinski definition) is 1. The molecule has 1 atom stereocenters. The first-order valence-electron chi connectivity index (χ1n) is 6.50. The number of benzene rings is 1. The number of carboxylic acid groups (broad SMARTS) is 1. The number of carboxylic acids is 1. The topological polar surface area (TPSA) is 88.3 Å². The first-order chi connectivity index (χ1) is 10.6. The molecule has 2 aliphatic heterocycles. The molecule has 1 aromatic heterocycles. The van der Waals surface area contributed by atoms with E-state index >= 15 is 0 Å². The Labute approximate surface area is 128 Å². The molecule has 1 amide bonds. The molecule has 2 aliphatic rings. The molecule has 0 radical (unpaired) electrons. The number of carbonyl (C=O) groups excluding carboxylic acids is 1. The molecular weight excluding hydrogens is 304 g/mol. The van der Waals surface area contributed by atoms with Gasteiger partial charge in [-0.05, 0) is 23.8 Å². The van der Waals surface area contributed by atoms with Crippen LogP contribution in [0.3, 0.4) is 0 Å². The van der Waals surface area contributed by atoms with Crippen LogP contribution in [0, 0.1) is 0 Å². The Balaban J connectivity index is 1.66. The first-order valence-corrected chi connectivity index (χ1v) is 7.44. The minimum atomic E-state index is -1.08. The average molecular weight is 314 g/mol. The molecule has 0 bridgehead atoms. The number of β-lactam (4-membered cyclic amide) rings is 1. The Bertz CT molecular complexity index is 899. The van der Waals surface area contributed by atoms with Crippen LogP contribution in [0.4, 0.5) is 0 Å². The number of aromatic nitrogens is 3. The number of amides is 1. The quantitative estimate of drug-likeness (QED) is 0.662. The number of thioether (sulfide) groups is 1. The summed E-state index contributed by atoms with van der Waals surface area (Å²) in [7, 11) is 1.81. The number of aliphatic carboxylic acids is 1. The Morgan fingerprint density at radius 1 is 1.45 bits per heavy atom. The molecule has 3 heterocycles. The summed E-state index contributed by atoms with van der Waals surface area (Å²) in [4.78, 5) is 24.5. The van der Waals surface area contributed by atoms with Gasteiger partial charge in [0.2, 0.25) is 0 Å². The van der Waals surface area contributed by atoms with E-state index in [2.05, 4.69) is 10.3 Å². The predicted octanol–water partition coefficient (Wildman–Crippen LogP) is 1.19. The van der Waals surface area contributed by atoms with Crippen LogP contribution in [0.25, 0.3) is 17.1 Å². The van der Waals surface area contributed by atoms with Gasteiger partial charge in [0.05, 0.1) is 11.1 Å². The van der Waals surface area contributed by atoms with E-state index in [0.717, 1.165) is 16.6 Å². The van der Waals surface area contributed by atoms with Crippen LogP contribution in [-0.4, -0.2) is 42.3 Å². The van der Waals surface area contributed by atoms with Gasteiger partial charge in [-0.1, -0.05) is 11.3 Å². The molecular formula is C14H10N4O3S. The molecule has 110 valence electrons. The second-order valence-electron chi connectivity index (χ2n) is 5.03. The van der Waals surface area contributed by atoms with Crippen LogP contribution < -0.4 is 0 Å². The van der Waals surface area contributed by atoms with Crippen molar-refractivity contribution in [3.05, 3.63) is 40.4 Å². The van der Waals surface area contributed by atoms with E-state index in [1.165, 1.54) is 22.1 Å². The average Bonchev–Trinajstić information content (AvgIpc) is 3.06. The molecule has 7 nitrogen and oxygen atoms in total. The van der Waals surface area contributed by atoms with Crippen molar-refractivity contribution >= 4 is 40.7 Å². The summed E-state index contributed by atoms with van der Waals surface area (Å²) in [5, 5.41) is 18.3. The van der Waals surface area contributed by atoms with Gasteiger partial charge in [-0.2, -0.15) is 0 Å². The summed E-state index contributed by atoms with van der Waals surface area (Å²) in [5.74, 6) is -1.34. The highest BCUT2D eigenvalue weighted by atomic mass is 32.2. The maximum absolute atomic E-state index is 12.1. The van der Waals surface area contributed by atoms with Crippen LogP contribution >= 0.6 is 11.8 Å². The van der Waals surface area contributed by atoms with E-state index in [-0.39, 0.29) is 17.0 Å². The summed E-state index contributed by atoms with van der Waals surface area (Å²) in [6, 6.07) is 5.64. The summed E-state index contributed by atoms with van der Waals surface area (Å²) >= 11 is 1.33. The molecule has 0 unspecified atom stereocenters. The standard InChI is InChI=1S/C14H10N4O3S/c1-17-10-3-2-7(5-9(10)15-16-17)4-8-12(19)18-11(14(20)21)6-22-13(8)18/h2-6,13H,1H3,(H,20,21)/t13-/m1/s1. The Morgan fingerprint density at radius 2 is 2.27 bits per heavy atom. The lowest BCUT2D eigenvalue weighted by atomic mass is 10.0. The van der Waals surface area contributed by atoms with E-state index < -0.39 is 5.97 Å². The van der Waals surface area contributed by atoms with E-state index in [9.17, 15) is 9.59 Å². The van der Waals surface area contributed by atoms with Crippen molar-refractivity contribution in [2.75, 3.05) is 0 Å². The van der Waals surface area contributed by atoms with Gasteiger partial charge in [-0.25, -0.2) is 9.48 Å². The van der Waals surface area contributed by atoms with Crippen LogP contribution in [-0.2, 0) is 16.6 Å². The molecule has 4 rings (SSSR count). The number of aryl methyl sites for hydroxylation is 1. The summed E-state index contributed by atoms with van der Waals surface area (Å²) in [5.41, 5.74) is 3.15. The predicted molar refractivity (Wildman–Crippen MR) is 80.4 cm³/mol. The number of nitrogens with zero attached hydrogens (tertiary/aromatic N) is 4. The highest BCUT2D eigenvalue weighted by Crippen LogP contribution is 2.45. The van der Waals surface area contributed by atoms with Gasteiger partial charge in [0.25, 0.3) is 5.91 Å². The molecule has 2 aromatic rings. The van der Waals surface area contributed by atoms with Crippen molar-refractivity contribution < 1.29 is 14.7 Å². The third kappa shape index (κ3) is 1.70. The molecule has 22 heavy (non-hydrogen) atoms. The molecule has 0 saturated carbocycles. The zero-order chi connectivity index (χ0) is 15.4. The summed E-state index contributed by atoms with van der Waals surface area (Å²) < 4.78 is 1.68. The third-order valence-electron chi connectivity index (χ3n) is 3.71. The van der Waals surface area contributed by atoms with Crippen molar-refractivity contribution in [2.24, 2.45) is 7.05 Å². The second kappa shape index (κ2) is 4.44. The van der Waals surface area contributed by atoms with E-state index in [0.29, 0.717) is 5.57 Å². The summed E-state index contributed by atoms with van der Waals surface area (Å²) in [6.45, 7) is 0. The van der Waals surface area contributed by atoms with Gasteiger partial charge >= 0.3 is 5.97 Å². The van der Waals surface area contributed by atoms with Gasteiger partial charge in [0.15, 0.2) is 0 Å². The Morgan fingerprint density at radius 3 is 3.05 bits per heavy atom. The van der Waals surface area contributed by atoms with E-state index in [4.69, 9.17) is 5.11 Å². The lowest BCUT2D eigenvalue weighted by molar-refractivity contribution is -0.141. The van der Waals surface area contributed by atoms with Crippen molar-refractivity contribution in [3.8, 4) is 0 Å². The van der Waals surface area contributed by atoms with Crippen molar-refractivity contribution in [3.63, 3.8) is 0 Å². The highest BCUT2D eigenvalue weighted by molar-refractivity contribution is 8.03. The smallest absolute Gasteiger partial charge is 0.353 e. The lowest BCUT2D eigenvalue weighted by Gasteiger charge is -2.37. The monoisotopic (exact) mass is 314 g/mol. The fourth-order valence-electron chi connectivity index (χ4n) is 2.59. The fraction of sp³-hybridized carbons (Fsp3) is 0.143. The lowest BCUT2D eigenvalue weighted by Crippen LogP contribution is -2.51. The van der Waals surface area contributed by atoms with Crippen molar-refractivity contribution in [1.29, 1.82) is 0 Å². The molecule has 8 heteroatoms. The van der Waals surface area contributed by atoms with Crippen LogP contribution in [0.15, 0.2) is 34.9 Å². The fourth-order valence-corrected chi connectivity index (χ4v) is 3.71. The zero-order valence-electron chi connectivity index (χ0n) is 11.4. The SMILES string of the molecule is Cn1nnc2cc(C=C3C(=O)N4C(C(=O)O)=CS[C@H]34)ccc21. The third-order valence-corrected chi connectivity index (χ3v) is 4.79. The van der Waals surface area contributed by atoms with Gasteiger partial charge in [0.1, 0.15) is 16.6 Å². The molecule has 1 fully saturated rings. The Kier molecular flexibility index (Phi) is 2.64. The maximum atomic E-state index is 12.1. The van der Waals surface area contributed by atoms with Crippen LogP contribution in [0.2, 0.25) is 0 Å². The number of hydrogen-bond acceptors (Lipinski definition) is 5. The zero-order valence-corrected chi connectivity index (χ0v) is 12.2. The molecule has 0 spiro atoms. The van der Waals surface area contributed by atoms with Crippen LogP contribution in [0.1, 0.15) is 5.56 Å². The minimum absolute atomic E-state index is 0.0431. The molecule has 1 saturated heterocycles. The van der Waals surface area contributed by atoms with Gasteiger partial charge in [-0.3, -0.25) is 9.69 Å². The molecule has 1 N–H and O–H groups in total. The number of fused-ring (bicyclic) bond motifs is 2. The van der Waals surface area contributed by atoms with Crippen molar-refractivity contribution in [1.82, 2.24) is 19.9 Å². The molecule has 1 aromatic carbocycles. The molecule has 0 aliphatic carbocycles. The van der Waals surface area contributed by atoms with Gasteiger partial charge in [0, 0.05) is 12.5 Å². The van der Waals surface area contributed by atoms with Gasteiger partial charge in [-0.15, -0.1) is 16.9 Å². The van der Waals surface area contributed by atoms with Crippen LogP contribution in [0.5, 0.6) is 0 Å². The number of rotatable bonds is 2. The van der Waals surface area contributed by atoms with E-state index in [1.54, 1.807) is 10.8 Å². The normalized spacial score (nSPS) is 22.0. The maximum Gasteiger partial charge on any atom is 0.353 e. The second-order valence-corrected chi connectivity index (χ2v) is 5.99. The van der Waals surface area contributed by atoms with E-state index in [1.807, 2.05) is 25.2 Å². The first kappa shape index (κ1) is 13.1. The van der Waals surface area contributed by atoms with Gasteiger partial charge < -0.3 is 5.11 Å². The number of carbonyl (C=O) groups is 2.